The van der Waals surface area contributed by atoms with E-state index in [2.05, 4.69) is 15.2 Å². The van der Waals surface area contributed by atoms with E-state index < -0.39 is 0 Å². The van der Waals surface area contributed by atoms with Gasteiger partial charge in [0.15, 0.2) is 10.3 Å². The molecule has 4 rings (SSSR count). The Morgan fingerprint density at radius 2 is 2.08 bits per heavy atom. The fraction of sp³-hybridized carbons (Fsp3) is 0.0588. The minimum Gasteiger partial charge on any atom is -0.278 e. The fourth-order valence-corrected chi connectivity index (χ4v) is 4.02. The molecule has 0 spiro atoms. The summed E-state index contributed by atoms with van der Waals surface area (Å²) in [5, 5.41) is 17.6. The maximum absolute atomic E-state index is 12.7. The van der Waals surface area contributed by atoms with Gasteiger partial charge in [0.25, 0.3) is 5.91 Å². The van der Waals surface area contributed by atoms with Crippen molar-refractivity contribution < 1.29 is 4.79 Å². The van der Waals surface area contributed by atoms with Crippen molar-refractivity contribution in [1.29, 1.82) is 5.41 Å². The van der Waals surface area contributed by atoms with Crippen LogP contribution in [0.1, 0.15) is 11.1 Å². The molecule has 1 amide bonds. The molecule has 6 nitrogen and oxygen atoms in total. The van der Waals surface area contributed by atoms with Gasteiger partial charge in [-0.3, -0.25) is 15.3 Å². The van der Waals surface area contributed by atoms with Gasteiger partial charge in [0.1, 0.15) is 0 Å². The van der Waals surface area contributed by atoms with Crippen LogP contribution in [0.25, 0.3) is 17.3 Å². The number of hydrogen-bond acceptors (Lipinski definition) is 6. The van der Waals surface area contributed by atoms with E-state index in [0.717, 1.165) is 28.6 Å². The number of carbonyl (C=O) groups excluding carboxylic acids is 1. The van der Waals surface area contributed by atoms with E-state index in [1.54, 1.807) is 23.8 Å². The summed E-state index contributed by atoms with van der Waals surface area (Å²) in [4.78, 5) is 18.6. The summed E-state index contributed by atoms with van der Waals surface area (Å²) < 4.78 is 0. The van der Waals surface area contributed by atoms with Gasteiger partial charge in [0.05, 0.1) is 16.8 Å². The molecule has 124 valence electrons. The lowest BCUT2D eigenvalue weighted by atomic mass is 10.1. The van der Waals surface area contributed by atoms with Crippen molar-refractivity contribution in [1.82, 2.24) is 15.2 Å². The van der Waals surface area contributed by atoms with Crippen LogP contribution in [0.15, 0.2) is 46.9 Å². The van der Waals surface area contributed by atoms with Crippen LogP contribution in [-0.4, -0.2) is 26.3 Å². The quantitative estimate of drug-likeness (QED) is 0.688. The Kier molecular flexibility index (Phi) is 3.98. The molecule has 1 aromatic carbocycles. The van der Waals surface area contributed by atoms with E-state index in [9.17, 15) is 4.79 Å². The normalized spacial score (nSPS) is 16.2. The van der Waals surface area contributed by atoms with Crippen LogP contribution in [0.3, 0.4) is 0 Å². The maximum Gasteiger partial charge on any atom is 0.273 e. The zero-order chi connectivity index (χ0) is 17.4. The van der Waals surface area contributed by atoms with Crippen LogP contribution in [0, 0.1) is 12.3 Å². The van der Waals surface area contributed by atoms with Crippen molar-refractivity contribution in [2.45, 2.75) is 6.92 Å². The zero-order valence-corrected chi connectivity index (χ0v) is 14.8. The van der Waals surface area contributed by atoms with Crippen LogP contribution in [-0.2, 0) is 4.79 Å². The van der Waals surface area contributed by atoms with Crippen molar-refractivity contribution in [3.8, 4) is 11.3 Å². The lowest BCUT2D eigenvalue weighted by molar-refractivity contribution is -0.113. The summed E-state index contributed by atoms with van der Waals surface area (Å²) in [6.07, 6.45) is 5.08. The minimum atomic E-state index is -0.235. The molecule has 0 unspecified atom stereocenters. The number of thiazole rings is 1. The Bertz CT molecular complexity index is 973. The topological polar surface area (TPSA) is 85.7 Å². The summed E-state index contributed by atoms with van der Waals surface area (Å²) in [5.74, 6) is -0.235. The Hall–Kier alpha value is -2.71. The van der Waals surface area contributed by atoms with Crippen LogP contribution in [0.5, 0.6) is 0 Å². The third-order valence-corrected chi connectivity index (χ3v) is 5.37. The highest BCUT2D eigenvalue weighted by Crippen LogP contribution is 2.36. The van der Waals surface area contributed by atoms with E-state index in [1.807, 2.05) is 31.2 Å². The van der Waals surface area contributed by atoms with Crippen LogP contribution in [0.2, 0.25) is 0 Å². The predicted octanol–water partition coefficient (Wildman–Crippen LogP) is 3.90. The third-order valence-electron chi connectivity index (χ3n) is 3.73. The van der Waals surface area contributed by atoms with E-state index in [-0.39, 0.29) is 11.1 Å². The Morgan fingerprint density at radius 3 is 2.80 bits per heavy atom. The molecule has 0 aliphatic carbocycles. The molecule has 0 saturated carbocycles. The number of anilines is 1. The lowest BCUT2D eigenvalue weighted by Crippen LogP contribution is -2.27. The number of hydrogen-bond donors (Lipinski definition) is 2. The standard InChI is InChI=1S/C17H13N5OS2/c1-10-2-4-11(5-3-10)14-12(9-20-21-14)8-13-15(23)22(16(18)25-13)17-19-6-7-24-17/h2-9,18H,1H3,(H,20,21). The molecule has 0 atom stereocenters. The lowest BCUT2D eigenvalue weighted by Gasteiger charge is -2.08. The smallest absolute Gasteiger partial charge is 0.273 e. The number of aryl methyl sites for hydroxylation is 1. The van der Waals surface area contributed by atoms with Crippen molar-refractivity contribution in [3.63, 3.8) is 0 Å². The highest BCUT2D eigenvalue weighted by atomic mass is 32.2. The largest absolute Gasteiger partial charge is 0.278 e. The van der Waals surface area contributed by atoms with Gasteiger partial charge in [0.2, 0.25) is 0 Å². The van der Waals surface area contributed by atoms with Gasteiger partial charge in [-0.05, 0) is 24.8 Å². The van der Waals surface area contributed by atoms with E-state index in [0.29, 0.717) is 10.0 Å². The second-order valence-corrected chi connectivity index (χ2v) is 7.34. The van der Waals surface area contributed by atoms with E-state index in [1.165, 1.54) is 21.8 Å². The first-order valence-electron chi connectivity index (χ1n) is 7.46. The molecule has 2 N–H and O–H groups in total. The number of amides is 1. The number of thioether (sulfide) groups is 1. The number of rotatable bonds is 3. The van der Waals surface area contributed by atoms with Crippen molar-refractivity contribution in [3.05, 3.63) is 58.1 Å². The number of amidine groups is 1. The highest BCUT2D eigenvalue weighted by Gasteiger charge is 2.35. The zero-order valence-electron chi connectivity index (χ0n) is 13.2. The van der Waals surface area contributed by atoms with E-state index in [4.69, 9.17) is 5.41 Å². The summed E-state index contributed by atoms with van der Waals surface area (Å²) >= 11 is 2.46. The molecule has 1 aliphatic rings. The SMILES string of the molecule is Cc1ccc(-c2[nH]ncc2C=C2SC(=N)N(c3nccs3)C2=O)cc1. The van der Waals surface area contributed by atoms with Gasteiger partial charge < -0.3 is 0 Å². The highest BCUT2D eigenvalue weighted by molar-refractivity contribution is 8.19. The minimum absolute atomic E-state index is 0.159. The van der Waals surface area contributed by atoms with Gasteiger partial charge in [-0.1, -0.05) is 29.8 Å². The Balaban J connectivity index is 1.69. The fourth-order valence-electron chi connectivity index (χ4n) is 2.48. The molecular formula is C17H13N5OS2. The van der Waals surface area contributed by atoms with Crippen molar-refractivity contribution >= 4 is 45.4 Å². The Labute approximate surface area is 152 Å². The number of nitrogens with zero attached hydrogens (tertiary/aromatic N) is 3. The summed E-state index contributed by atoms with van der Waals surface area (Å²) in [6.45, 7) is 2.03. The Morgan fingerprint density at radius 1 is 1.28 bits per heavy atom. The molecule has 3 aromatic rings. The molecule has 8 heteroatoms. The number of carbonyl (C=O) groups is 1. The maximum atomic E-state index is 12.7. The summed E-state index contributed by atoms with van der Waals surface area (Å²) in [6, 6.07) is 8.08. The van der Waals surface area contributed by atoms with Gasteiger partial charge in [-0.15, -0.1) is 11.3 Å². The molecule has 1 saturated heterocycles. The molecule has 0 bridgehead atoms. The monoisotopic (exact) mass is 367 g/mol. The van der Waals surface area contributed by atoms with Gasteiger partial charge in [0, 0.05) is 22.7 Å². The molecular weight excluding hydrogens is 354 g/mol. The number of benzene rings is 1. The van der Waals surface area contributed by atoms with Gasteiger partial charge in [-0.2, -0.15) is 5.10 Å². The number of aromatic nitrogens is 3. The predicted molar refractivity (Wildman–Crippen MR) is 102 cm³/mol. The number of nitrogens with one attached hydrogen (secondary N) is 2. The molecule has 0 radical (unpaired) electrons. The second kappa shape index (κ2) is 6.30. The second-order valence-electron chi connectivity index (χ2n) is 5.44. The molecule has 2 aromatic heterocycles. The average molecular weight is 367 g/mol. The first kappa shape index (κ1) is 15.8. The van der Waals surface area contributed by atoms with Gasteiger partial charge >= 0.3 is 0 Å². The number of H-pyrrole nitrogens is 1. The molecule has 3 heterocycles. The van der Waals surface area contributed by atoms with E-state index >= 15 is 0 Å². The van der Waals surface area contributed by atoms with Crippen molar-refractivity contribution in [2.75, 3.05) is 4.90 Å². The molecule has 1 fully saturated rings. The van der Waals surface area contributed by atoms with Crippen molar-refractivity contribution in [2.24, 2.45) is 0 Å². The number of aromatic amines is 1. The average Bonchev–Trinajstić information content (AvgIpc) is 3.31. The molecule has 1 aliphatic heterocycles. The first-order chi connectivity index (χ1) is 12.1. The van der Waals surface area contributed by atoms with Crippen LogP contribution < -0.4 is 4.90 Å². The van der Waals surface area contributed by atoms with Crippen LogP contribution in [0.4, 0.5) is 5.13 Å². The summed E-state index contributed by atoms with van der Waals surface area (Å²) in [5.41, 5.74) is 3.84. The van der Waals surface area contributed by atoms with Crippen LogP contribution >= 0.6 is 23.1 Å². The first-order valence-corrected chi connectivity index (χ1v) is 9.15. The summed E-state index contributed by atoms with van der Waals surface area (Å²) in [7, 11) is 0. The third kappa shape index (κ3) is 2.90. The molecule has 25 heavy (non-hydrogen) atoms. The van der Waals surface area contributed by atoms with Gasteiger partial charge in [-0.25, -0.2) is 9.88 Å².